The maximum Gasteiger partial charge on any atom is 0.339 e. The van der Waals surface area contributed by atoms with Crippen molar-refractivity contribution in [2.75, 3.05) is 0 Å². The summed E-state index contributed by atoms with van der Waals surface area (Å²) in [6.07, 6.45) is 0. The highest BCUT2D eigenvalue weighted by Crippen LogP contribution is 2.21. The SMILES string of the molecule is Cc1ccc(C)c(OCc2n[nH]c(C)c2C(=O)O)c1. The number of hydrogen-bond acceptors (Lipinski definition) is 3. The first-order valence-corrected chi connectivity index (χ1v) is 5.96. The van der Waals surface area contributed by atoms with Gasteiger partial charge in [0.05, 0.1) is 0 Å². The van der Waals surface area contributed by atoms with E-state index in [9.17, 15) is 4.79 Å². The molecule has 0 amide bonds. The fourth-order valence-corrected chi connectivity index (χ4v) is 1.88. The lowest BCUT2D eigenvalue weighted by Gasteiger charge is -2.09. The summed E-state index contributed by atoms with van der Waals surface area (Å²) in [6, 6.07) is 5.90. The van der Waals surface area contributed by atoms with Crippen LogP contribution in [-0.4, -0.2) is 21.3 Å². The molecule has 0 fully saturated rings. The first-order chi connectivity index (χ1) is 8.99. The van der Waals surface area contributed by atoms with E-state index in [-0.39, 0.29) is 12.2 Å². The van der Waals surface area contributed by atoms with E-state index >= 15 is 0 Å². The molecule has 2 rings (SSSR count). The Morgan fingerprint density at radius 2 is 2.11 bits per heavy atom. The number of rotatable bonds is 4. The molecular weight excluding hydrogens is 244 g/mol. The van der Waals surface area contributed by atoms with E-state index in [1.54, 1.807) is 6.92 Å². The van der Waals surface area contributed by atoms with E-state index in [1.165, 1.54) is 0 Å². The van der Waals surface area contributed by atoms with Gasteiger partial charge in [0.2, 0.25) is 0 Å². The van der Waals surface area contributed by atoms with Crippen molar-refractivity contribution in [3.63, 3.8) is 0 Å². The molecule has 1 aromatic heterocycles. The maximum absolute atomic E-state index is 11.1. The van der Waals surface area contributed by atoms with Gasteiger partial charge in [-0.25, -0.2) is 4.79 Å². The Balaban J connectivity index is 2.19. The quantitative estimate of drug-likeness (QED) is 0.886. The van der Waals surface area contributed by atoms with Crippen molar-refractivity contribution in [1.29, 1.82) is 0 Å². The highest BCUT2D eigenvalue weighted by Gasteiger charge is 2.17. The van der Waals surface area contributed by atoms with Gasteiger partial charge in [-0.3, -0.25) is 5.10 Å². The number of nitrogens with one attached hydrogen (secondary N) is 1. The predicted molar refractivity (Wildman–Crippen MR) is 70.5 cm³/mol. The van der Waals surface area contributed by atoms with Gasteiger partial charge in [-0.2, -0.15) is 5.10 Å². The second-order valence-electron chi connectivity index (χ2n) is 4.53. The first kappa shape index (κ1) is 13.1. The molecule has 1 aromatic carbocycles. The first-order valence-electron chi connectivity index (χ1n) is 5.96. The molecular formula is C14H16N2O3. The number of H-pyrrole nitrogens is 1. The average molecular weight is 260 g/mol. The molecule has 1 heterocycles. The topological polar surface area (TPSA) is 75.2 Å². The van der Waals surface area contributed by atoms with Crippen LogP contribution in [0.5, 0.6) is 5.75 Å². The highest BCUT2D eigenvalue weighted by atomic mass is 16.5. The van der Waals surface area contributed by atoms with Gasteiger partial charge in [0, 0.05) is 5.69 Å². The standard InChI is InChI=1S/C14H16N2O3/c1-8-4-5-9(2)12(6-8)19-7-11-13(14(17)18)10(3)15-16-11/h4-6H,7H2,1-3H3,(H,15,16)(H,17,18). The third kappa shape index (κ3) is 2.76. The number of carbonyl (C=O) groups is 1. The second-order valence-corrected chi connectivity index (χ2v) is 4.53. The van der Waals surface area contributed by atoms with Crippen molar-refractivity contribution in [1.82, 2.24) is 10.2 Å². The average Bonchev–Trinajstić information content (AvgIpc) is 2.72. The van der Waals surface area contributed by atoms with Crippen LogP contribution in [0.15, 0.2) is 18.2 Å². The Morgan fingerprint density at radius 1 is 1.37 bits per heavy atom. The van der Waals surface area contributed by atoms with Crippen LogP contribution in [0.1, 0.15) is 32.9 Å². The summed E-state index contributed by atoms with van der Waals surface area (Å²) in [5, 5.41) is 15.8. The predicted octanol–water partition coefficient (Wildman–Crippen LogP) is 2.61. The molecule has 0 radical (unpaired) electrons. The summed E-state index contributed by atoms with van der Waals surface area (Å²) in [5.74, 6) is -0.247. The molecule has 2 aromatic rings. The van der Waals surface area contributed by atoms with E-state index in [0.29, 0.717) is 11.4 Å². The molecule has 0 atom stereocenters. The molecule has 0 bridgehead atoms. The van der Waals surface area contributed by atoms with Gasteiger partial charge < -0.3 is 9.84 Å². The Bertz CT molecular complexity index is 617. The maximum atomic E-state index is 11.1. The summed E-state index contributed by atoms with van der Waals surface area (Å²) < 4.78 is 5.66. The van der Waals surface area contributed by atoms with Crippen LogP contribution in [0.4, 0.5) is 0 Å². The molecule has 5 nitrogen and oxygen atoms in total. The Labute approximate surface area is 111 Å². The number of aromatic nitrogens is 2. The lowest BCUT2D eigenvalue weighted by atomic mass is 10.1. The number of aromatic carboxylic acids is 1. The van der Waals surface area contributed by atoms with Crippen molar-refractivity contribution in [2.24, 2.45) is 0 Å². The van der Waals surface area contributed by atoms with Crippen LogP contribution in [0.2, 0.25) is 0 Å². The number of nitrogens with zero attached hydrogens (tertiary/aromatic N) is 1. The molecule has 19 heavy (non-hydrogen) atoms. The van der Waals surface area contributed by atoms with Crippen LogP contribution < -0.4 is 4.74 Å². The van der Waals surface area contributed by atoms with Gasteiger partial charge in [0.1, 0.15) is 23.6 Å². The number of carboxylic acid groups (broad SMARTS) is 1. The van der Waals surface area contributed by atoms with Crippen molar-refractivity contribution in [3.8, 4) is 5.75 Å². The van der Waals surface area contributed by atoms with Crippen LogP contribution in [0, 0.1) is 20.8 Å². The number of benzene rings is 1. The second kappa shape index (κ2) is 5.14. The lowest BCUT2D eigenvalue weighted by molar-refractivity contribution is 0.0693. The summed E-state index contributed by atoms with van der Waals surface area (Å²) in [6.45, 7) is 5.74. The third-order valence-electron chi connectivity index (χ3n) is 2.94. The smallest absolute Gasteiger partial charge is 0.339 e. The molecule has 0 unspecified atom stereocenters. The van der Waals surface area contributed by atoms with Gasteiger partial charge in [0.15, 0.2) is 0 Å². The number of aryl methyl sites for hydroxylation is 3. The fraction of sp³-hybridized carbons (Fsp3) is 0.286. The number of carboxylic acids is 1. The molecule has 0 aliphatic rings. The van der Waals surface area contributed by atoms with Gasteiger partial charge in [-0.1, -0.05) is 12.1 Å². The molecule has 100 valence electrons. The summed E-state index contributed by atoms with van der Waals surface area (Å²) in [5.41, 5.74) is 3.23. The number of hydrogen-bond donors (Lipinski definition) is 2. The summed E-state index contributed by atoms with van der Waals surface area (Å²) in [7, 11) is 0. The zero-order valence-corrected chi connectivity index (χ0v) is 11.2. The zero-order valence-electron chi connectivity index (χ0n) is 11.2. The minimum atomic E-state index is -0.995. The van der Waals surface area contributed by atoms with Crippen molar-refractivity contribution in [2.45, 2.75) is 27.4 Å². The monoisotopic (exact) mass is 260 g/mol. The molecule has 5 heteroatoms. The number of aromatic amines is 1. The van der Waals surface area contributed by atoms with E-state index in [2.05, 4.69) is 10.2 Å². The minimum Gasteiger partial charge on any atom is -0.487 e. The Morgan fingerprint density at radius 3 is 2.79 bits per heavy atom. The van der Waals surface area contributed by atoms with Crippen molar-refractivity contribution < 1.29 is 14.6 Å². The molecule has 0 saturated heterocycles. The van der Waals surface area contributed by atoms with E-state index in [0.717, 1.165) is 16.9 Å². The fourth-order valence-electron chi connectivity index (χ4n) is 1.88. The molecule has 2 N–H and O–H groups in total. The van der Waals surface area contributed by atoms with Crippen LogP contribution in [0.25, 0.3) is 0 Å². The zero-order chi connectivity index (χ0) is 14.0. The Hall–Kier alpha value is -2.30. The third-order valence-corrected chi connectivity index (χ3v) is 2.94. The summed E-state index contributed by atoms with van der Waals surface area (Å²) in [4.78, 5) is 11.1. The van der Waals surface area contributed by atoms with Crippen LogP contribution >= 0.6 is 0 Å². The van der Waals surface area contributed by atoms with Gasteiger partial charge in [0.25, 0.3) is 0 Å². The Kier molecular flexibility index (Phi) is 3.55. The van der Waals surface area contributed by atoms with Crippen LogP contribution in [0.3, 0.4) is 0 Å². The van der Waals surface area contributed by atoms with E-state index < -0.39 is 5.97 Å². The number of ether oxygens (including phenoxy) is 1. The van der Waals surface area contributed by atoms with Gasteiger partial charge in [-0.05, 0) is 38.0 Å². The van der Waals surface area contributed by atoms with Crippen molar-refractivity contribution in [3.05, 3.63) is 46.3 Å². The van der Waals surface area contributed by atoms with Gasteiger partial charge >= 0.3 is 5.97 Å². The summed E-state index contributed by atoms with van der Waals surface area (Å²) >= 11 is 0. The normalized spacial score (nSPS) is 10.5. The highest BCUT2D eigenvalue weighted by molar-refractivity contribution is 5.90. The van der Waals surface area contributed by atoms with Crippen LogP contribution in [-0.2, 0) is 6.61 Å². The largest absolute Gasteiger partial charge is 0.487 e. The molecule has 0 saturated carbocycles. The van der Waals surface area contributed by atoms with E-state index in [1.807, 2.05) is 32.0 Å². The lowest BCUT2D eigenvalue weighted by Crippen LogP contribution is -2.05. The molecule has 0 aliphatic carbocycles. The van der Waals surface area contributed by atoms with Gasteiger partial charge in [-0.15, -0.1) is 0 Å². The molecule has 0 aliphatic heterocycles. The van der Waals surface area contributed by atoms with Crippen molar-refractivity contribution >= 4 is 5.97 Å². The molecule has 0 spiro atoms. The minimum absolute atomic E-state index is 0.135. The van der Waals surface area contributed by atoms with E-state index in [4.69, 9.17) is 9.84 Å².